The van der Waals surface area contributed by atoms with Gasteiger partial charge in [-0.3, -0.25) is 0 Å². The van der Waals surface area contributed by atoms with Crippen LogP contribution in [0.1, 0.15) is 5.56 Å². The van der Waals surface area contributed by atoms with Crippen LogP contribution in [0.3, 0.4) is 0 Å². The molecule has 6 nitrogen and oxygen atoms in total. The lowest BCUT2D eigenvalue weighted by Gasteiger charge is -2.29. The van der Waals surface area contributed by atoms with Crippen LogP contribution in [0.15, 0.2) is 24.3 Å². The first-order valence-electron chi connectivity index (χ1n) is 7.73. The Balaban J connectivity index is 2.10. The second kappa shape index (κ2) is 8.16. The van der Waals surface area contributed by atoms with E-state index in [1.54, 1.807) is 18.2 Å². The van der Waals surface area contributed by atoms with Gasteiger partial charge in [-0.25, -0.2) is 4.39 Å². The van der Waals surface area contributed by atoms with Crippen molar-refractivity contribution in [2.45, 2.75) is 6.54 Å². The van der Waals surface area contributed by atoms with Gasteiger partial charge in [0.25, 0.3) is 10.2 Å². The summed E-state index contributed by atoms with van der Waals surface area (Å²) < 4.78 is 46.7. The Morgan fingerprint density at radius 1 is 1.22 bits per heavy atom. The smallest absolute Gasteiger partial charge is 0.281 e. The third-order valence-corrected chi connectivity index (χ3v) is 5.89. The van der Waals surface area contributed by atoms with Crippen LogP contribution in [0.4, 0.5) is 4.39 Å². The van der Waals surface area contributed by atoms with E-state index < -0.39 is 10.2 Å². The number of nitrogens with one attached hydrogen (secondary N) is 1. The van der Waals surface area contributed by atoms with Crippen LogP contribution in [-0.2, 0) is 21.5 Å². The molecule has 1 aromatic rings. The highest BCUT2D eigenvalue weighted by Crippen LogP contribution is 2.13. The molecule has 23 heavy (non-hydrogen) atoms. The lowest BCUT2D eigenvalue weighted by Crippen LogP contribution is -3.14. The molecule has 1 heterocycles. The van der Waals surface area contributed by atoms with Gasteiger partial charge in [-0.05, 0) is 6.07 Å². The highest BCUT2D eigenvalue weighted by molar-refractivity contribution is 7.86. The van der Waals surface area contributed by atoms with Gasteiger partial charge in [0.2, 0.25) is 0 Å². The minimum Gasteiger partial charge on any atom is -0.370 e. The zero-order valence-corrected chi connectivity index (χ0v) is 14.5. The summed E-state index contributed by atoms with van der Waals surface area (Å²) in [6, 6.07) is 6.28. The number of hydrogen-bond donors (Lipinski definition) is 1. The first-order chi connectivity index (χ1) is 10.9. The Hall–Kier alpha value is -1.06. The van der Waals surface area contributed by atoms with Crippen LogP contribution in [0.25, 0.3) is 0 Å². The van der Waals surface area contributed by atoms with Crippen LogP contribution < -0.4 is 4.90 Å². The van der Waals surface area contributed by atoms with E-state index in [-0.39, 0.29) is 12.4 Å². The van der Waals surface area contributed by atoms with E-state index in [0.717, 1.165) is 13.1 Å². The average molecular weight is 346 g/mol. The molecular formula is C15H25FN3O3S+. The maximum absolute atomic E-state index is 13.9. The van der Waals surface area contributed by atoms with Crippen LogP contribution in [-0.4, -0.2) is 70.5 Å². The van der Waals surface area contributed by atoms with Crippen molar-refractivity contribution in [2.24, 2.45) is 0 Å². The molecule has 130 valence electrons. The summed E-state index contributed by atoms with van der Waals surface area (Å²) >= 11 is 0. The fourth-order valence-corrected chi connectivity index (χ4v) is 3.60. The predicted octanol–water partition coefficient (Wildman–Crippen LogP) is -0.651. The molecule has 0 radical (unpaired) electrons. The third-order valence-electron chi connectivity index (χ3n) is 4.01. The van der Waals surface area contributed by atoms with Crippen LogP contribution in [0.5, 0.6) is 0 Å². The monoisotopic (exact) mass is 346 g/mol. The Kier molecular flexibility index (Phi) is 6.49. The summed E-state index contributed by atoms with van der Waals surface area (Å²) in [6.07, 6.45) is 0. The molecule has 0 amide bonds. The lowest BCUT2D eigenvalue weighted by molar-refractivity contribution is -0.907. The number of benzene rings is 1. The van der Waals surface area contributed by atoms with Crippen molar-refractivity contribution >= 4 is 10.2 Å². The summed E-state index contributed by atoms with van der Waals surface area (Å²) in [5.74, 6) is -0.384. The first kappa shape index (κ1) is 18.3. The van der Waals surface area contributed by atoms with Crippen molar-refractivity contribution in [1.29, 1.82) is 0 Å². The van der Waals surface area contributed by atoms with Crippen molar-refractivity contribution in [2.75, 3.05) is 53.5 Å². The highest BCUT2D eigenvalue weighted by Gasteiger charge is 2.27. The molecule has 1 aliphatic heterocycles. The van der Waals surface area contributed by atoms with Gasteiger partial charge in [-0.2, -0.15) is 17.0 Å². The minimum atomic E-state index is -3.60. The van der Waals surface area contributed by atoms with E-state index in [4.69, 9.17) is 4.74 Å². The van der Waals surface area contributed by atoms with Gasteiger partial charge in [0, 0.05) is 26.2 Å². The van der Waals surface area contributed by atoms with Gasteiger partial charge >= 0.3 is 0 Å². The van der Waals surface area contributed by atoms with Gasteiger partial charge in [0.15, 0.2) is 0 Å². The molecule has 0 atom stereocenters. The van der Waals surface area contributed by atoms with Gasteiger partial charge in [0.1, 0.15) is 18.9 Å². The van der Waals surface area contributed by atoms with E-state index in [0.29, 0.717) is 31.9 Å². The predicted molar refractivity (Wildman–Crippen MR) is 85.8 cm³/mol. The molecule has 1 saturated heterocycles. The standard InChI is InChI=1S/C15H24FN3O3S/c1-17(2)23(20,21)19(8-7-18-9-11-22-12-10-18)13-14-5-3-4-6-15(14)16/h3-6H,7-13H2,1-2H3/p+1. The second-order valence-electron chi connectivity index (χ2n) is 5.83. The molecule has 0 saturated carbocycles. The average Bonchev–Trinajstić information content (AvgIpc) is 2.53. The Bertz CT molecular complexity index is 604. The van der Waals surface area contributed by atoms with Gasteiger partial charge in [-0.1, -0.05) is 18.2 Å². The maximum atomic E-state index is 13.9. The fraction of sp³-hybridized carbons (Fsp3) is 0.600. The van der Waals surface area contributed by atoms with Gasteiger partial charge < -0.3 is 9.64 Å². The van der Waals surface area contributed by atoms with E-state index in [1.807, 2.05) is 0 Å². The zero-order chi connectivity index (χ0) is 16.9. The number of ether oxygens (including phenoxy) is 1. The van der Waals surface area contributed by atoms with E-state index in [2.05, 4.69) is 0 Å². The van der Waals surface area contributed by atoms with E-state index in [1.165, 1.54) is 33.7 Å². The highest BCUT2D eigenvalue weighted by atomic mass is 32.2. The van der Waals surface area contributed by atoms with Crippen molar-refractivity contribution in [3.05, 3.63) is 35.6 Å². The molecule has 8 heteroatoms. The minimum absolute atomic E-state index is 0.0387. The maximum Gasteiger partial charge on any atom is 0.281 e. The summed E-state index contributed by atoms with van der Waals surface area (Å²) in [6.45, 7) is 4.21. The topological polar surface area (TPSA) is 54.3 Å². The molecule has 0 aromatic heterocycles. The molecular weight excluding hydrogens is 321 g/mol. The SMILES string of the molecule is CN(C)S(=O)(=O)N(CC[NH+]1CCOCC1)Cc1ccccc1F. The molecule has 1 aliphatic rings. The molecule has 2 rings (SSSR count). The van der Waals surface area contributed by atoms with Crippen molar-refractivity contribution in [3.8, 4) is 0 Å². The summed E-state index contributed by atoms with van der Waals surface area (Å²) in [7, 11) is -0.617. The molecule has 0 unspecified atom stereocenters. The molecule has 1 N–H and O–H groups in total. The largest absolute Gasteiger partial charge is 0.370 e. The number of rotatable bonds is 7. The fourth-order valence-electron chi connectivity index (χ4n) is 2.52. The Morgan fingerprint density at radius 3 is 2.48 bits per heavy atom. The second-order valence-corrected chi connectivity index (χ2v) is 7.97. The van der Waals surface area contributed by atoms with Crippen molar-refractivity contribution in [3.63, 3.8) is 0 Å². The summed E-state index contributed by atoms with van der Waals surface area (Å²) in [5.41, 5.74) is 0.384. The van der Waals surface area contributed by atoms with Crippen molar-refractivity contribution < 1.29 is 22.4 Å². The number of quaternary nitrogens is 1. The number of halogens is 1. The van der Waals surface area contributed by atoms with E-state index in [9.17, 15) is 12.8 Å². The van der Waals surface area contributed by atoms with Gasteiger partial charge in [-0.15, -0.1) is 0 Å². The Morgan fingerprint density at radius 2 is 1.87 bits per heavy atom. The quantitative estimate of drug-likeness (QED) is 0.714. The Labute approximate surface area is 137 Å². The normalized spacial score (nSPS) is 17.1. The lowest BCUT2D eigenvalue weighted by atomic mass is 10.2. The van der Waals surface area contributed by atoms with Crippen LogP contribution in [0, 0.1) is 5.82 Å². The van der Waals surface area contributed by atoms with Crippen LogP contribution in [0.2, 0.25) is 0 Å². The summed E-state index contributed by atoms with van der Waals surface area (Å²) in [5, 5.41) is 0. The number of morpholine rings is 1. The number of hydrogen-bond acceptors (Lipinski definition) is 3. The third kappa shape index (κ3) is 4.95. The number of nitrogens with zero attached hydrogens (tertiary/aromatic N) is 2. The van der Waals surface area contributed by atoms with Crippen molar-refractivity contribution in [1.82, 2.24) is 8.61 Å². The first-order valence-corrected chi connectivity index (χ1v) is 9.13. The molecule has 1 aromatic carbocycles. The van der Waals surface area contributed by atoms with E-state index >= 15 is 0 Å². The summed E-state index contributed by atoms with van der Waals surface area (Å²) in [4.78, 5) is 1.31. The van der Waals surface area contributed by atoms with Gasteiger partial charge in [0.05, 0.1) is 26.3 Å². The molecule has 1 fully saturated rings. The molecule has 0 bridgehead atoms. The molecule has 0 spiro atoms. The molecule has 0 aliphatic carbocycles. The van der Waals surface area contributed by atoms with Crippen LogP contribution >= 0.6 is 0 Å². The zero-order valence-electron chi connectivity index (χ0n) is 13.7.